The molecule has 0 aliphatic carbocycles. The maximum Gasteiger partial charge on any atom is 0.214 e. The summed E-state index contributed by atoms with van der Waals surface area (Å²) in [5.74, 6) is 0.354. The van der Waals surface area contributed by atoms with Gasteiger partial charge in [0, 0.05) is 0 Å². The monoisotopic (exact) mass is 119 g/mol. The molecule has 0 saturated heterocycles. The molecule has 0 unspecified atom stereocenters. The average molecular weight is 119 g/mol. The Morgan fingerprint density at radius 3 is 3.25 bits per heavy atom. The molecule has 0 amide bonds. The molecule has 0 aromatic carbocycles. The Hall–Kier alpha value is -0.640. The molecule has 46 valence electrons. The van der Waals surface area contributed by atoms with Gasteiger partial charge < -0.3 is 4.74 Å². The molecule has 8 heavy (non-hydrogen) atoms. The van der Waals surface area contributed by atoms with Crippen LogP contribution in [-0.2, 0) is 9.68 Å². The van der Waals surface area contributed by atoms with E-state index in [2.05, 4.69) is 9.93 Å². The number of nitrogens with zero attached hydrogens (tertiary/aromatic N) is 1. The van der Waals surface area contributed by atoms with Gasteiger partial charge in [-0.05, 0) is 4.53 Å². The first-order valence-corrected chi connectivity index (χ1v) is 2.33. The van der Waals surface area contributed by atoms with Crippen molar-refractivity contribution in [3.8, 4) is 0 Å². The molecule has 0 bridgehead atoms. The Balaban J connectivity index is 2.23. The van der Waals surface area contributed by atoms with E-state index in [-0.39, 0.29) is 6.61 Å². The molecule has 0 aromatic rings. The molecule has 1 heterocycles. The molecule has 0 aromatic heterocycles. The molecule has 3 nitrogen and oxygen atoms in total. The lowest BCUT2D eigenvalue weighted by atomic mass is 10.7. The highest BCUT2D eigenvalue weighted by Gasteiger charge is 2.05. The molecular formula is C4H6FNO2. The van der Waals surface area contributed by atoms with E-state index < -0.39 is 0 Å². The summed E-state index contributed by atoms with van der Waals surface area (Å²) >= 11 is 0. The molecular weight excluding hydrogens is 113 g/mol. The topological polar surface area (TPSA) is 30.8 Å². The third-order valence-electron chi connectivity index (χ3n) is 0.826. The molecule has 1 aliphatic rings. The van der Waals surface area contributed by atoms with Gasteiger partial charge in [-0.2, -0.15) is 4.94 Å². The second-order valence-corrected chi connectivity index (χ2v) is 1.38. The Bertz CT molecular complexity index is 104. The van der Waals surface area contributed by atoms with Crippen molar-refractivity contribution in [1.82, 2.24) is 0 Å². The van der Waals surface area contributed by atoms with E-state index in [1.165, 1.54) is 0 Å². The summed E-state index contributed by atoms with van der Waals surface area (Å²) in [5, 5.41) is 0. The number of hydrogen-bond donors (Lipinski definition) is 0. The average Bonchev–Trinajstić information content (AvgIpc) is 2.19. The van der Waals surface area contributed by atoms with E-state index in [1.807, 2.05) is 0 Å². The van der Waals surface area contributed by atoms with Gasteiger partial charge in [-0.15, -0.1) is 0 Å². The van der Waals surface area contributed by atoms with Crippen LogP contribution in [0, 0.1) is 0 Å². The van der Waals surface area contributed by atoms with Gasteiger partial charge >= 0.3 is 0 Å². The van der Waals surface area contributed by atoms with Gasteiger partial charge in [0.15, 0.2) is 6.61 Å². The zero-order valence-corrected chi connectivity index (χ0v) is 4.26. The van der Waals surface area contributed by atoms with Gasteiger partial charge in [0.05, 0.1) is 6.54 Å². The first-order chi connectivity index (χ1) is 3.93. The zero-order chi connectivity index (χ0) is 5.82. The van der Waals surface area contributed by atoms with E-state index in [0.29, 0.717) is 19.0 Å². The third kappa shape index (κ3) is 1.16. The molecule has 1 rings (SSSR count). The van der Waals surface area contributed by atoms with Gasteiger partial charge in [-0.1, -0.05) is 0 Å². The van der Waals surface area contributed by atoms with Crippen molar-refractivity contribution in [1.29, 1.82) is 0 Å². The predicted octanol–water partition coefficient (Wildman–Crippen LogP) is 0.316. The normalized spacial score (nSPS) is 17.9. The van der Waals surface area contributed by atoms with Crippen molar-refractivity contribution >= 4 is 5.90 Å². The Kier molecular flexibility index (Phi) is 1.80. The van der Waals surface area contributed by atoms with Crippen LogP contribution in [0.15, 0.2) is 4.99 Å². The van der Waals surface area contributed by atoms with Crippen LogP contribution in [0.4, 0.5) is 4.53 Å². The lowest BCUT2D eigenvalue weighted by Gasteiger charge is -1.93. The summed E-state index contributed by atoms with van der Waals surface area (Å²) in [6.45, 7) is 1.03. The summed E-state index contributed by atoms with van der Waals surface area (Å²) in [4.78, 5) is 7.02. The molecule has 1 aliphatic heterocycles. The predicted molar refractivity (Wildman–Crippen MR) is 25.3 cm³/mol. The van der Waals surface area contributed by atoms with Crippen LogP contribution in [0.2, 0.25) is 0 Å². The number of rotatable bonds is 2. The standard InChI is InChI=1S/C4H6FNO2/c5-8-3-4-6-1-2-7-4/h1-3H2. The smallest absolute Gasteiger partial charge is 0.214 e. The largest absolute Gasteiger partial charge is 0.477 e. The van der Waals surface area contributed by atoms with Crippen LogP contribution < -0.4 is 0 Å². The highest BCUT2D eigenvalue weighted by molar-refractivity contribution is 5.78. The van der Waals surface area contributed by atoms with Crippen molar-refractivity contribution in [3.63, 3.8) is 0 Å². The van der Waals surface area contributed by atoms with Crippen molar-refractivity contribution in [3.05, 3.63) is 0 Å². The minimum atomic E-state index is -0.153. The maximum atomic E-state index is 11.0. The van der Waals surface area contributed by atoms with Crippen LogP contribution in [-0.4, -0.2) is 25.7 Å². The molecule has 0 fully saturated rings. The van der Waals surface area contributed by atoms with Crippen molar-refractivity contribution in [2.24, 2.45) is 4.99 Å². The van der Waals surface area contributed by atoms with Crippen LogP contribution in [0.5, 0.6) is 0 Å². The fourth-order valence-corrected chi connectivity index (χ4v) is 0.513. The molecule has 0 radical (unpaired) electrons. The van der Waals surface area contributed by atoms with Crippen LogP contribution in [0.25, 0.3) is 0 Å². The fourth-order valence-electron chi connectivity index (χ4n) is 0.513. The second-order valence-electron chi connectivity index (χ2n) is 1.38. The lowest BCUT2D eigenvalue weighted by Crippen LogP contribution is -2.04. The number of halogens is 1. The fraction of sp³-hybridized carbons (Fsp3) is 0.750. The van der Waals surface area contributed by atoms with E-state index in [9.17, 15) is 4.53 Å². The minimum Gasteiger partial charge on any atom is -0.477 e. The van der Waals surface area contributed by atoms with Crippen LogP contribution in [0.1, 0.15) is 0 Å². The van der Waals surface area contributed by atoms with Gasteiger partial charge in [0.25, 0.3) is 0 Å². The van der Waals surface area contributed by atoms with Gasteiger partial charge in [-0.3, -0.25) is 0 Å². The lowest BCUT2D eigenvalue weighted by molar-refractivity contribution is -0.116. The highest BCUT2D eigenvalue weighted by Crippen LogP contribution is 1.93. The van der Waals surface area contributed by atoms with Crippen LogP contribution >= 0.6 is 0 Å². The Morgan fingerprint density at radius 1 is 1.88 bits per heavy atom. The first-order valence-electron chi connectivity index (χ1n) is 2.33. The number of ether oxygens (including phenoxy) is 1. The van der Waals surface area contributed by atoms with Gasteiger partial charge in [0.2, 0.25) is 5.90 Å². The van der Waals surface area contributed by atoms with E-state index in [4.69, 9.17) is 4.74 Å². The quantitative estimate of drug-likeness (QED) is 0.524. The van der Waals surface area contributed by atoms with E-state index >= 15 is 0 Å². The van der Waals surface area contributed by atoms with E-state index in [0.717, 1.165) is 0 Å². The molecule has 0 spiro atoms. The third-order valence-corrected chi connectivity index (χ3v) is 0.826. The van der Waals surface area contributed by atoms with Gasteiger partial charge in [-0.25, -0.2) is 4.99 Å². The first kappa shape index (κ1) is 5.50. The Labute approximate surface area is 46.0 Å². The van der Waals surface area contributed by atoms with Gasteiger partial charge in [0.1, 0.15) is 6.61 Å². The Morgan fingerprint density at radius 2 is 2.75 bits per heavy atom. The second kappa shape index (κ2) is 2.61. The highest BCUT2D eigenvalue weighted by atomic mass is 19.3. The van der Waals surface area contributed by atoms with Crippen molar-refractivity contribution in [2.45, 2.75) is 0 Å². The summed E-state index contributed by atoms with van der Waals surface area (Å²) < 4.78 is 15.8. The van der Waals surface area contributed by atoms with Crippen LogP contribution in [0.3, 0.4) is 0 Å². The minimum absolute atomic E-state index is 0.153. The maximum absolute atomic E-state index is 11.0. The summed E-state index contributed by atoms with van der Waals surface area (Å²) in [6.07, 6.45) is 0. The summed E-state index contributed by atoms with van der Waals surface area (Å²) in [7, 11) is 0. The molecule has 4 heteroatoms. The summed E-state index contributed by atoms with van der Waals surface area (Å²) in [5.41, 5.74) is 0. The molecule has 0 saturated carbocycles. The zero-order valence-electron chi connectivity index (χ0n) is 4.26. The molecule has 0 atom stereocenters. The van der Waals surface area contributed by atoms with Crippen molar-refractivity contribution < 1.29 is 14.2 Å². The van der Waals surface area contributed by atoms with E-state index in [1.54, 1.807) is 0 Å². The van der Waals surface area contributed by atoms with Crippen molar-refractivity contribution in [2.75, 3.05) is 19.8 Å². The summed E-state index contributed by atoms with van der Waals surface area (Å²) in [6, 6.07) is 0. The number of aliphatic imine (C=N–C) groups is 1. The SMILES string of the molecule is FOCC1=NCCO1. The number of hydrogen-bond acceptors (Lipinski definition) is 3. The molecule has 0 N–H and O–H groups in total.